The van der Waals surface area contributed by atoms with Crippen molar-refractivity contribution in [2.45, 2.75) is 12.5 Å². The van der Waals surface area contributed by atoms with Gasteiger partial charge in [-0.1, -0.05) is 17.7 Å². The fraction of sp³-hybridized carbons (Fsp3) is 0.286. The van der Waals surface area contributed by atoms with Crippen molar-refractivity contribution < 1.29 is 9.47 Å². The standard InChI is InChI=1S/C14H17ClN2O2S/c1-18-13-7-9(6-11(15)14(13)19-2)12(17-16)8-10-4-3-5-20-10/h3-7,12,17H,8,16H2,1-2H3. The summed E-state index contributed by atoms with van der Waals surface area (Å²) in [5.74, 6) is 6.80. The van der Waals surface area contributed by atoms with Crippen LogP contribution in [-0.4, -0.2) is 14.2 Å². The van der Waals surface area contributed by atoms with E-state index < -0.39 is 0 Å². The minimum Gasteiger partial charge on any atom is -0.493 e. The van der Waals surface area contributed by atoms with E-state index in [-0.39, 0.29) is 6.04 Å². The minimum absolute atomic E-state index is 0.0362. The Balaban J connectivity index is 2.32. The van der Waals surface area contributed by atoms with E-state index in [4.69, 9.17) is 26.9 Å². The van der Waals surface area contributed by atoms with Crippen molar-refractivity contribution in [1.82, 2.24) is 5.43 Å². The molecule has 108 valence electrons. The molecule has 0 fully saturated rings. The monoisotopic (exact) mass is 312 g/mol. The zero-order chi connectivity index (χ0) is 14.5. The molecular weight excluding hydrogens is 296 g/mol. The van der Waals surface area contributed by atoms with Crippen LogP contribution < -0.4 is 20.7 Å². The topological polar surface area (TPSA) is 56.5 Å². The highest BCUT2D eigenvalue weighted by atomic mass is 35.5. The number of nitrogens with two attached hydrogens (primary N) is 1. The maximum atomic E-state index is 6.23. The maximum Gasteiger partial charge on any atom is 0.179 e. The molecule has 0 aliphatic heterocycles. The van der Waals surface area contributed by atoms with Gasteiger partial charge in [-0.3, -0.25) is 11.3 Å². The summed E-state index contributed by atoms with van der Waals surface area (Å²) in [5, 5.41) is 2.55. The molecule has 1 aromatic carbocycles. The molecule has 3 N–H and O–H groups in total. The highest BCUT2D eigenvalue weighted by molar-refractivity contribution is 7.09. The van der Waals surface area contributed by atoms with E-state index in [1.165, 1.54) is 4.88 Å². The molecule has 0 amide bonds. The number of benzene rings is 1. The van der Waals surface area contributed by atoms with Crippen molar-refractivity contribution in [1.29, 1.82) is 0 Å². The fourth-order valence-corrected chi connectivity index (χ4v) is 3.09. The number of halogens is 1. The van der Waals surface area contributed by atoms with Gasteiger partial charge in [-0.2, -0.15) is 0 Å². The Hall–Kier alpha value is -1.27. The lowest BCUT2D eigenvalue weighted by atomic mass is 10.0. The SMILES string of the molecule is COc1cc(C(Cc2cccs2)NN)cc(Cl)c1OC. The van der Waals surface area contributed by atoms with Crippen LogP contribution in [-0.2, 0) is 6.42 Å². The average molecular weight is 313 g/mol. The van der Waals surface area contributed by atoms with Crippen LogP contribution in [0, 0.1) is 0 Å². The first-order valence-electron chi connectivity index (χ1n) is 6.09. The second-order valence-corrected chi connectivity index (χ2v) is 5.68. The third kappa shape index (κ3) is 3.24. The van der Waals surface area contributed by atoms with Gasteiger partial charge in [-0.25, -0.2) is 0 Å². The Bertz CT molecular complexity index is 561. The Labute approximate surface area is 127 Å². The summed E-state index contributed by atoms with van der Waals surface area (Å²) >= 11 is 7.92. The fourth-order valence-electron chi connectivity index (χ4n) is 2.04. The van der Waals surface area contributed by atoms with E-state index in [1.807, 2.05) is 23.6 Å². The number of nitrogens with one attached hydrogen (secondary N) is 1. The molecule has 1 atom stereocenters. The zero-order valence-electron chi connectivity index (χ0n) is 11.4. The normalized spacial score (nSPS) is 12.2. The van der Waals surface area contributed by atoms with Crippen LogP contribution in [0.1, 0.15) is 16.5 Å². The molecule has 6 heteroatoms. The van der Waals surface area contributed by atoms with Gasteiger partial charge in [0.25, 0.3) is 0 Å². The number of thiophene rings is 1. The van der Waals surface area contributed by atoms with Gasteiger partial charge < -0.3 is 9.47 Å². The summed E-state index contributed by atoms with van der Waals surface area (Å²) in [6, 6.07) is 7.81. The molecule has 0 aliphatic rings. The molecule has 0 aliphatic carbocycles. The molecule has 1 unspecified atom stereocenters. The van der Waals surface area contributed by atoms with E-state index in [0.29, 0.717) is 16.5 Å². The first-order valence-corrected chi connectivity index (χ1v) is 7.35. The number of hydrogen-bond acceptors (Lipinski definition) is 5. The molecule has 4 nitrogen and oxygen atoms in total. The Kier molecular flexibility index (Phi) is 5.25. The summed E-state index contributed by atoms with van der Waals surface area (Å²) in [6.07, 6.45) is 0.792. The second kappa shape index (κ2) is 6.95. The van der Waals surface area contributed by atoms with Gasteiger partial charge in [0.2, 0.25) is 0 Å². The van der Waals surface area contributed by atoms with Crippen molar-refractivity contribution in [2.24, 2.45) is 5.84 Å². The van der Waals surface area contributed by atoms with E-state index in [0.717, 1.165) is 12.0 Å². The number of methoxy groups -OCH3 is 2. The third-order valence-corrected chi connectivity index (χ3v) is 4.22. The van der Waals surface area contributed by atoms with Gasteiger partial charge in [-0.05, 0) is 29.1 Å². The number of hydrazine groups is 1. The van der Waals surface area contributed by atoms with Crippen LogP contribution in [0.15, 0.2) is 29.6 Å². The number of ether oxygens (including phenoxy) is 2. The molecule has 1 aromatic heterocycles. The van der Waals surface area contributed by atoms with E-state index >= 15 is 0 Å². The van der Waals surface area contributed by atoms with E-state index in [1.54, 1.807) is 25.6 Å². The van der Waals surface area contributed by atoms with Crippen LogP contribution in [0.2, 0.25) is 5.02 Å². The summed E-state index contributed by atoms with van der Waals surface area (Å²) in [5.41, 5.74) is 3.79. The first kappa shape index (κ1) is 15.1. The van der Waals surface area contributed by atoms with Crippen LogP contribution in [0.25, 0.3) is 0 Å². The quantitative estimate of drug-likeness (QED) is 0.635. The predicted octanol–water partition coefficient (Wildman–Crippen LogP) is 3.17. The van der Waals surface area contributed by atoms with Gasteiger partial charge in [0.1, 0.15) is 0 Å². The number of rotatable bonds is 6. The van der Waals surface area contributed by atoms with E-state index in [9.17, 15) is 0 Å². The first-order chi connectivity index (χ1) is 9.69. The van der Waals surface area contributed by atoms with Crippen LogP contribution >= 0.6 is 22.9 Å². The maximum absolute atomic E-state index is 6.23. The summed E-state index contributed by atoms with van der Waals surface area (Å²) in [4.78, 5) is 1.25. The molecule has 0 saturated heterocycles. The lowest BCUT2D eigenvalue weighted by Gasteiger charge is -2.18. The molecule has 20 heavy (non-hydrogen) atoms. The smallest absolute Gasteiger partial charge is 0.179 e. The minimum atomic E-state index is -0.0362. The second-order valence-electron chi connectivity index (χ2n) is 4.24. The van der Waals surface area contributed by atoms with Crippen LogP contribution in [0.3, 0.4) is 0 Å². The molecule has 0 bridgehead atoms. The van der Waals surface area contributed by atoms with Crippen LogP contribution in [0.4, 0.5) is 0 Å². The van der Waals surface area contributed by atoms with Crippen molar-refractivity contribution in [3.05, 3.63) is 45.1 Å². The summed E-state index contributed by atoms with van der Waals surface area (Å²) in [6.45, 7) is 0. The number of hydrogen-bond donors (Lipinski definition) is 2. The lowest BCUT2D eigenvalue weighted by molar-refractivity contribution is 0.354. The molecule has 2 aromatic rings. The Morgan fingerprint density at radius 1 is 1.35 bits per heavy atom. The van der Waals surface area contributed by atoms with Gasteiger partial charge >= 0.3 is 0 Å². The van der Waals surface area contributed by atoms with Crippen molar-refractivity contribution in [3.8, 4) is 11.5 Å². The Morgan fingerprint density at radius 3 is 2.70 bits per heavy atom. The average Bonchev–Trinajstić information content (AvgIpc) is 2.96. The van der Waals surface area contributed by atoms with Crippen LogP contribution in [0.5, 0.6) is 11.5 Å². The summed E-state index contributed by atoms with van der Waals surface area (Å²) in [7, 11) is 3.15. The molecule has 0 radical (unpaired) electrons. The highest BCUT2D eigenvalue weighted by Crippen LogP contribution is 2.38. The van der Waals surface area contributed by atoms with Crippen molar-refractivity contribution >= 4 is 22.9 Å². The molecular formula is C14H17ClN2O2S. The highest BCUT2D eigenvalue weighted by Gasteiger charge is 2.17. The van der Waals surface area contributed by atoms with E-state index in [2.05, 4.69) is 11.5 Å². The molecule has 0 saturated carbocycles. The lowest BCUT2D eigenvalue weighted by Crippen LogP contribution is -2.29. The van der Waals surface area contributed by atoms with Crippen molar-refractivity contribution in [2.75, 3.05) is 14.2 Å². The third-order valence-electron chi connectivity index (χ3n) is 3.04. The van der Waals surface area contributed by atoms with Crippen molar-refractivity contribution in [3.63, 3.8) is 0 Å². The van der Waals surface area contributed by atoms with Gasteiger partial charge in [-0.15, -0.1) is 11.3 Å². The molecule has 2 rings (SSSR count). The van der Waals surface area contributed by atoms with Gasteiger partial charge in [0.15, 0.2) is 11.5 Å². The molecule has 0 spiro atoms. The van der Waals surface area contributed by atoms with Gasteiger partial charge in [0, 0.05) is 11.3 Å². The predicted molar refractivity (Wildman–Crippen MR) is 82.6 cm³/mol. The zero-order valence-corrected chi connectivity index (χ0v) is 12.9. The van der Waals surface area contributed by atoms with Gasteiger partial charge in [0.05, 0.1) is 25.3 Å². The Morgan fingerprint density at radius 2 is 2.15 bits per heavy atom. The largest absolute Gasteiger partial charge is 0.493 e. The summed E-state index contributed by atoms with van der Waals surface area (Å²) < 4.78 is 10.5. The molecule has 1 heterocycles.